The number of β-amino-alcohol motifs (C(OH)–C–C–N with tert-alkyl or cyclic N) is 1. The summed E-state index contributed by atoms with van der Waals surface area (Å²) >= 11 is 0. The maximum Gasteiger partial charge on any atom is 0.118 e. The Kier molecular flexibility index (Phi) is 5.43. The Hall–Kier alpha value is -1.32. The number of likely N-dealkylation sites (tertiary alicyclic amines) is 1. The van der Waals surface area contributed by atoms with Crippen LogP contribution in [-0.4, -0.2) is 42.9 Å². The fourth-order valence-electron chi connectivity index (χ4n) is 2.40. The fraction of sp³-hybridized carbons (Fsp3) is 0.500. The Labute approximate surface area is 115 Å². The van der Waals surface area contributed by atoms with Gasteiger partial charge in [0.1, 0.15) is 5.75 Å². The zero-order chi connectivity index (χ0) is 13.5. The molecule has 1 heterocycles. The van der Waals surface area contributed by atoms with Crippen molar-refractivity contribution < 1.29 is 9.84 Å². The third kappa shape index (κ3) is 4.69. The third-order valence-electron chi connectivity index (χ3n) is 3.52. The molecule has 19 heavy (non-hydrogen) atoms. The smallest absolute Gasteiger partial charge is 0.118 e. The molecule has 0 aromatic heterocycles. The van der Waals surface area contributed by atoms with Crippen molar-refractivity contribution in [2.45, 2.75) is 25.4 Å². The van der Waals surface area contributed by atoms with E-state index in [-0.39, 0.29) is 6.10 Å². The average molecular weight is 261 g/mol. The number of benzene rings is 1. The van der Waals surface area contributed by atoms with Crippen molar-refractivity contribution in [3.8, 4) is 5.75 Å². The molecule has 2 rings (SSSR count). The Bertz CT molecular complexity index is 394. The first-order chi connectivity index (χ1) is 9.28. The number of aliphatic hydroxyl groups is 1. The van der Waals surface area contributed by atoms with E-state index in [2.05, 4.69) is 4.90 Å². The summed E-state index contributed by atoms with van der Waals surface area (Å²) in [6, 6.07) is 7.83. The minimum Gasteiger partial charge on any atom is -0.497 e. The zero-order valence-electron chi connectivity index (χ0n) is 11.6. The van der Waals surface area contributed by atoms with Gasteiger partial charge in [-0.3, -0.25) is 0 Å². The molecule has 0 saturated carbocycles. The fourth-order valence-corrected chi connectivity index (χ4v) is 2.40. The molecule has 0 aliphatic carbocycles. The van der Waals surface area contributed by atoms with Crippen molar-refractivity contribution in [3.63, 3.8) is 0 Å². The molecule has 3 heteroatoms. The minimum atomic E-state index is -0.389. The van der Waals surface area contributed by atoms with Gasteiger partial charge in [0.15, 0.2) is 0 Å². The Morgan fingerprint density at radius 2 is 1.89 bits per heavy atom. The van der Waals surface area contributed by atoms with Crippen LogP contribution in [0.3, 0.4) is 0 Å². The van der Waals surface area contributed by atoms with Crippen LogP contribution in [0.1, 0.15) is 24.8 Å². The number of hydrogen-bond acceptors (Lipinski definition) is 3. The number of nitrogens with zero attached hydrogens (tertiary/aromatic N) is 1. The summed E-state index contributed by atoms with van der Waals surface area (Å²) in [4.78, 5) is 2.34. The molecule has 1 saturated heterocycles. The molecule has 1 aliphatic rings. The van der Waals surface area contributed by atoms with Crippen LogP contribution in [0.2, 0.25) is 0 Å². The van der Waals surface area contributed by atoms with Gasteiger partial charge in [0.2, 0.25) is 0 Å². The number of piperidine rings is 1. The van der Waals surface area contributed by atoms with Crippen LogP contribution in [-0.2, 0) is 0 Å². The molecular weight excluding hydrogens is 238 g/mol. The lowest BCUT2D eigenvalue weighted by atomic mass is 10.1. The predicted octanol–water partition coefficient (Wildman–Crippen LogP) is 2.56. The molecule has 0 radical (unpaired) electrons. The highest BCUT2D eigenvalue weighted by Crippen LogP contribution is 2.13. The van der Waals surface area contributed by atoms with Crippen molar-refractivity contribution in [2.75, 3.05) is 26.7 Å². The number of ether oxygens (including phenoxy) is 1. The number of aliphatic hydroxyl groups excluding tert-OH is 1. The lowest BCUT2D eigenvalue weighted by Crippen LogP contribution is -2.35. The summed E-state index contributed by atoms with van der Waals surface area (Å²) < 4.78 is 5.12. The van der Waals surface area contributed by atoms with E-state index in [1.807, 2.05) is 36.4 Å². The van der Waals surface area contributed by atoms with Crippen LogP contribution in [0.25, 0.3) is 6.08 Å². The van der Waals surface area contributed by atoms with Gasteiger partial charge in [0.25, 0.3) is 0 Å². The lowest BCUT2D eigenvalue weighted by Gasteiger charge is -2.27. The van der Waals surface area contributed by atoms with Crippen molar-refractivity contribution in [1.29, 1.82) is 0 Å². The third-order valence-corrected chi connectivity index (χ3v) is 3.52. The van der Waals surface area contributed by atoms with Crippen LogP contribution in [0.15, 0.2) is 30.3 Å². The van der Waals surface area contributed by atoms with E-state index in [0.717, 1.165) is 30.9 Å². The maximum atomic E-state index is 10.0. The quantitative estimate of drug-likeness (QED) is 0.884. The molecule has 1 aliphatic heterocycles. The normalized spacial score (nSPS) is 18.6. The van der Waals surface area contributed by atoms with E-state index < -0.39 is 0 Å². The molecule has 1 fully saturated rings. The molecule has 1 atom stereocenters. The molecule has 3 nitrogen and oxygen atoms in total. The summed E-state index contributed by atoms with van der Waals surface area (Å²) in [6.45, 7) is 2.98. The second kappa shape index (κ2) is 7.31. The predicted molar refractivity (Wildman–Crippen MR) is 78.3 cm³/mol. The number of hydrogen-bond donors (Lipinski definition) is 1. The van der Waals surface area contributed by atoms with Gasteiger partial charge >= 0.3 is 0 Å². The Morgan fingerprint density at radius 3 is 2.53 bits per heavy atom. The zero-order valence-corrected chi connectivity index (χ0v) is 11.6. The monoisotopic (exact) mass is 261 g/mol. The first-order valence-corrected chi connectivity index (χ1v) is 7.00. The van der Waals surface area contributed by atoms with Crippen LogP contribution in [0.5, 0.6) is 5.75 Å². The van der Waals surface area contributed by atoms with E-state index in [1.165, 1.54) is 19.3 Å². The van der Waals surface area contributed by atoms with Crippen LogP contribution in [0.4, 0.5) is 0 Å². The molecule has 0 amide bonds. The van der Waals surface area contributed by atoms with Crippen molar-refractivity contribution in [3.05, 3.63) is 35.9 Å². The van der Waals surface area contributed by atoms with E-state index >= 15 is 0 Å². The molecule has 1 aromatic carbocycles. The average Bonchev–Trinajstić information content (AvgIpc) is 2.47. The molecule has 0 spiro atoms. The van der Waals surface area contributed by atoms with Crippen molar-refractivity contribution in [2.24, 2.45) is 0 Å². The van der Waals surface area contributed by atoms with E-state index in [0.29, 0.717) is 0 Å². The SMILES string of the molecule is COc1ccc(/C=C/C(O)CN2CCCCC2)cc1. The summed E-state index contributed by atoms with van der Waals surface area (Å²) in [5.74, 6) is 0.853. The van der Waals surface area contributed by atoms with Crippen LogP contribution in [0, 0.1) is 0 Å². The molecule has 0 bridgehead atoms. The summed E-state index contributed by atoms with van der Waals surface area (Å²) in [5, 5.41) is 10.0. The standard InChI is InChI=1S/C16H23NO2/c1-19-16-9-6-14(7-10-16)5-8-15(18)13-17-11-3-2-4-12-17/h5-10,15,18H,2-4,11-13H2,1H3/b8-5+. The van der Waals surface area contributed by atoms with Crippen LogP contribution < -0.4 is 4.74 Å². The molecular formula is C16H23NO2. The van der Waals surface area contributed by atoms with Gasteiger partial charge in [-0.25, -0.2) is 0 Å². The van der Waals surface area contributed by atoms with E-state index in [9.17, 15) is 5.11 Å². The highest BCUT2D eigenvalue weighted by Gasteiger charge is 2.12. The second-order valence-corrected chi connectivity index (χ2v) is 5.06. The number of rotatable bonds is 5. The molecule has 1 unspecified atom stereocenters. The summed E-state index contributed by atoms with van der Waals surface area (Å²) in [5.41, 5.74) is 1.08. The van der Waals surface area contributed by atoms with E-state index in [4.69, 9.17) is 4.74 Å². The largest absolute Gasteiger partial charge is 0.497 e. The first-order valence-electron chi connectivity index (χ1n) is 7.00. The van der Waals surface area contributed by atoms with Gasteiger partial charge in [0, 0.05) is 6.54 Å². The summed E-state index contributed by atoms with van der Waals surface area (Å²) in [7, 11) is 1.66. The van der Waals surface area contributed by atoms with Gasteiger partial charge in [-0.15, -0.1) is 0 Å². The Balaban J connectivity index is 1.82. The van der Waals surface area contributed by atoms with Gasteiger partial charge in [-0.05, 0) is 43.6 Å². The van der Waals surface area contributed by atoms with Crippen molar-refractivity contribution in [1.82, 2.24) is 4.90 Å². The van der Waals surface area contributed by atoms with Gasteiger partial charge < -0.3 is 14.7 Å². The van der Waals surface area contributed by atoms with Gasteiger partial charge in [-0.2, -0.15) is 0 Å². The highest BCUT2D eigenvalue weighted by atomic mass is 16.5. The lowest BCUT2D eigenvalue weighted by molar-refractivity contribution is 0.132. The van der Waals surface area contributed by atoms with Gasteiger partial charge in [0.05, 0.1) is 13.2 Å². The second-order valence-electron chi connectivity index (χ2n) is 5.06. The van der Waals surface area contributed by atoms with Gasteiger partial charge in [-0.1, -0.05) is 30.7 Å². The van der Waals surface area contributed by atoms with E-state index in [1.54, 1.807) is 7.11 Å². The van der Waals surface area contributed by atoms with Crippen molar-refractivity contribution >= 4 is 6.08 Å². The first kappa shape index (κ1) is 14.1. The highest BCUT2D eigenvalue weighted by molar-refractivity contribution is 5.51. The molecule has 104 valence electrons. The number of methoxy groups -OCH3 is 1. The minimum absolute atomic E-state index is 0.389. The molecule has 1 N–H and O–H groups in total. The Morgan fingerprint density at radius 1 is 1.21 bits per heavy atom. The van der Waals surface area contributed by atoms with Crippen LogP contribution >= 0.6 is 0 Å². The molecule has 1 aromatic rings. The summed E-state index contributed by atoms with van der Waals surface area (Å²) in [6.07, 6.45) is 7.29. The topological polar surface area (TPSA) is 32.7 Å². The maximum absolute atomic E-state index is 10.0.